The molecule has 1 aliphatic heterocycles. The third-order valence-electron chi connectivity index (χ3n) is 5.84. The quantitative estimate of drug-likeness (QED) is 0.430. The molecule has 3 aromatic rings. The molecular formula is C26H28N2O4. The molecule has 1 amide bonds. The topological polar surface area (TPSA) is 71.8 Å². The van der Waals surface area contributed by atoms with E-state index in [4.69, 9.17) is 9.15 Å². The first-order valence-corrected chi connectivity index (χ1v) is 11.0. The number of carbonyl (C=O) groups excluding carboxylic acids is 1. The fraction of sp³-hybridized carbons (Fsp3) is 0.308. The van der Waals surface area contributed by atoms with Crippen LogP contribution < -0.4 is 15.7 Å². The van der Waals surface area contributed by atoms with Crippen molar-refractivity contribution >= 4 is 22.6 Å². The van der Waals surface area contributed by atoms with Gasteiger partial charge in [-0.3, -0.25) is 9.69 Å². The summed E-state index contributed by atoms with van der Waals surface area (Å²) in [5, 5.41) is 3.46. The van der Waals surface area contributed by atoms with E-state index < -0.39 is 11.5 Å². The van der Waals surface area contributed by atoms with Crippen LogP contribution in [0.3, 0.4) is 0 Å². The van der Waals surface area contributed by atoms with Gasteiger partial charge >= 0.3 is 5.63 Å². The molecule has 6 heteroatoms. The molecule has 32 heavy (non-hydrogen) atoms. The third kappa shape index (κ3) is 4.75. The highest BCUT2D eigenvalue weighted by Crippen LogP contribution is 2.28. The van der Waals surface area contributed by atoms with Gasteiger partial charge in [0.25, 0.3) is 5.91 Å². The normalized spacial score (nSPS) is 14.3. The highest BCUT2D eigenvalue weighted by Gasteiger charge is 2.17. The lowest BCUT2D eigenvalue weighted by Gasteiger charge is -2.26. The number of benzene rings is 2. The van der Waals surface area contributed by atoms with Crippen molar-refractivity contribution in [2.24, 2.45) is 0 Å². The molecular weight excluding hydrogens is 404 g/mol. The van der Waals surface area contributed by atoms with Crippen LogP contribution in [0.15, 0.2) is 64.3 Å². The Bertz CT molecular complexity index is 1170. The number of likely N-dealkylation sites (tertiary alicyclic amines) is 1. The van der Waals surface area contributed by atoms with Crippen molar-refractivity contribution in [2.45, 2.75) is 32.2 Å². The van der Waals surface area contributed by atoms with Crippen molar-refractivity contribution in [1.29, 1.82) is 0 Å². The number of allylic oxidation sites excluding steroid dienone is 1. The van der Waals surface area contributed by atoms with Crippen molar-refractivity contribution in [1.82, 2.24) is 4.90 Å². The van der Waals surface area contributed by atoms with E-state index >= 15 is 0 Å². The first kappa shape index (κ1) is 21.8. The summed E-state index contributed by atoms with van der Waals surface area (Å²) in [7, 11) is 1.56. The minimum Gasteiger partial charge on any atom is -0.496 e. The van der Waals surface area contributed by atoms with Crippen LogP contribution in [-0.2, 0) is 13.0 Å². The molecule has 1 fully saturated rings. The lowest BCUT2D eigenvalue weighted by Crippen LogP contribution is -2.29. The number of nitrogens with zero attached hydrogens (tertiary/aromatic N) is 1. The minimum atomic E-state index is -0.685. The van der Waals surface area contributed by atoms with E-state index in [0.717, 1.165) is 25.2 Å². The van der Waals surface area contributed by atoms with Crippen molar-refractivity contribution < 1.29 is 13.9 Å². The van der Waals surface area contributed by atoms with Crippen LogP contribution in [0.25, 0.3) is 11.0 Å². The first-order chi connectivity index (χ1) is 15.6. The summed E-state index contributed by atoms with van der Waals surface area (Å²) < 4.78 is 10.9. The molecule has 0 radical (unpaired) electrons. The second-order valence-electron chi connectivity index (χ2n) is 8.09. The van der Waals surface area contributed by atoms with Gasteiger partial charge in [-0.05, 0) is 68.2 Å². The van der Waals surface area contributed by atoms with E-state index in [1.165, 1.54) is 24.8 Å². The molecule has 0 atom stereocenters. The first-order valence-electron chi connectivity index (χ1n) is 11.0. The fourth-order valence-electron chi connectivity index (χ4n) is 4.18. The maximum absolute atomic E-state index is 12.8. The fourth-order valence-corrected chi connectivity index (χ4v) is 4.18. The van der Waals surface area contributed by atoms with E-state index in [2.05, 4.69) is 16.8 Å². The van der Waals surface area contributed by atoms with Crippen LogP contribution in [-0.4, -0.2) is 31.0 Å². The Kier molecular flexibility index (Phi) is 6.71. The summed E-state index contributed by atoms with van der Waals surface area (Å²) in [4.78, 5) is 27.8. The molecule has 1 aliphatic rings. The molecule has 0 aliphatic carbocycles. The largest absolute Gasteiger partial charge is 0.496 e. The predicted molar refractivity (Wildman–Crippen MR) is 126 cm³/mol. The Morgan fingerprint density at radius 1 is 1.16 bits per heavy atom. The van der Waals surface area contributed by atoms with Crippen LogP contribution >= 0.6 is 0 Å². The second kappa shape index (κ2) is 9.83. The van der Waals surface area contributed by atoms with Crippen LogP contribution in [0.5, 0.6) is 5.75 Å². The highest BCUT2D eigenvalue weighted by atomic mass is 16.5. The Morgan fingerprint density at radius 2 is 1.91 bits per heavy atom. The van der Waals surface area contributed by atoms with Gasteiger partial charge in [0.1, 0.15) is 16.9 Å². The molecule has 0 bridgehead atoms. The maximum Gasteiger partial charge on any atom is 0.349 e. The van der Waals surface area contributed by atoms with Gasteiger partial charge in [0.15, 0.2) is 0 Å². The summed E-state index contributed by atoms with van der Waals surface area (Å²) in [5.41, 5.74) is 2.26. The van der Waals surface area contributed by atoms with Gasteiger partial charge in [-0.15, -0.1) is 6.58 Å². The van der Waals surface area contributed by atoms with E-state index in [0.29, 0.717) is 28.8 Å². The number of carbonyl (C=O) groups is 1. The summed E-state index contributed by atoms with van der Waals surface area (Å²) in [6.45, 7) is 6.94. The molecule has 0 spiro atoms. The molecule has 166 valence electrons. The van der Waals surface area contributed by atoms with Crippen LogP contribution in [0.4, 0.5) is 5.69 Å². The number of amides is 1. The molecule has 0 unspecified atom stereocenters. The van der Waals surface area contributed by atoms with Crippen molar-refractivity contribution in [3.63, 3.8) is 0 Å². The average Bonchev–Trinajstić information content (AvgIpc) is 2.81. The number of ether oxygens (including phenoxy) is 1. The standard InChI is InChI=1S/C26H28N2O4/c1-3-7-21-23(31-2)13-10-19-16-22(26(30)32-24(19)21)25(29)27-20-11-8-18(9-12-20)17-28-14-5-4-6-15-28/h3,8-13,16H,1,4-7,14-15,17H2,2H3,(H,27,29). The zero-order valence-electron chi connectivity index (χ0n) is 18.4. The van der Waals surface area contributed by atoms with Gasteiger partial charge in [0.05, 0.1) is 7.11 Å². The Labute approximate surface area is 187 Å². The molecule has 2 aromatic carbocycles. The predicted octanol–water partition coefficient (Wildman–Crippen LogP) is 4.77. The maximum atomic E-state index is 12.8. The lowest BCUT2D eigenvalue weighted by molar-refractivity contribution is 0.102. The van der Waals surface area contributed by atoms with E-state index in [1.54, 1.807) is 31.4 Å². The number of hydrogen-bond acceptors (Lipinski definition) is 5. The van der Waals surface area contributed by atoms with Gasteiger partial charge in [-0.2, -0.15) is 0 Å². The SMILES string of the molecule is C=CCc1c(OC)ccc2cc(C(=O)Nc3ccc(CN4CCCCC4)cc3)c(=O)oc12. The van der Waals surface area contributed by atoms with Crippen LogP contribution in [0.1, 0.15) is 40.7 Å². The van der Waals surface area contributed by atoms with Gasteiger partial charge in [0, 0.05) is 23.2 Å². The van der Waals surface area contributed by atoms with E-state index in [1.807, 2.05) is 24.3 Å². The molecule has 1 N–H and O–H groups in total. The van der Waals surface area contributed by atoms with E-state index in [-0.39, 0.29) is 5.56 Å². The molecule has 2 heterocycles. The highest BCUT2D eigenvalue weighted by molar-refractivity contribution is 6.05. The second-order valence-corrected chi connectivity index (χ2v) is 8.09. The number of rotatable bonds is 7. The number of piperidine rings is 1. The zero-order valence-corrected chi connectivity index (χ0v) is 18.4. The van der Waals surface area contributed by atoms with Gasteiger partial charge < -0.3 is 14.5 Å². The Hall–Kier alpha value is -3.38. The number of methoxy groups -OCH3 is 1. The minimum absolute atomic E-state index is 0.0374. The molecule has 6 nitrogen and oxygen atoms in total. The third-order valence-corrected chi connectivity index (χ3v) is 5.84. The van der Waals surface area contributed by atoms with Gasteiger partial charge in [-0.1, -0.05) is 24.6 Å². The molecule has 1 saturated heterocycles. The molecule has 4 rings (SSSR count). The van der Waals surface area contributed by atoms with Crippen molar-refractivity contribution in [3.8, 4) is 5.75 Å². The van der Waals surface area contributed by atoms with Gasteiger partial charge in [-0.25, -0.2) is 4.79 Å². The summed E-state index contributed by atoms with van der Waals surface area (Å²) >= 11 is 0. The molecule has 1 aromatic heterocycles. The average molecular weight is 433 g/mol. The smallest absolute Gasteiger partial charge is 0.349 e. The van der Waals surface area contributed by atoms with E-state index in [9.17, 15) is 9.59 Å². The summed E-state index contributed by atoms with van der Waals surface area (Å²) in [5.74, 6) is 0.118. The van der Waals surface area contributed by atoms with Gasteiger partial charge in [0.2, 0.25) is 0 Å². The number of nitrogens with one attached hydrogen (secondary N) is 1. The van der Waals surface area contributed by atoms with Crippen molar-refractivity contribution in [3.05, 3.63) is 82.2 Å². The molecule has 0 saturated carbocycles. The zero-order chi connectivity index (χ0) is 22.5. The monoisotopic (exact) mass is 432 g/mol. The van der Waals surface area contributed by atoms with Crippen LogP contribution in [0, 0.1) is 0 Å². The number of hydrogen-bond donors (Lipinski definition) is 1. The summed E-state index contributed by atoms with van der Waals surface area (Å²) in [6.07, 6.45) is 6.02. The summed E-state index contributed by atoms with van der Waals surface area (Å²) in [6, 6.07) is 12.9. The number of fused-ring (bicyclic) bond motifs is 1. The van der Waals surface area contributed by atoms with Crippen molar-refractivity contribution in [2.75, 3.05) is 25.5 Å². The Morgan fingerprint density at radius 3 is 2.59 bits per heavy atom. The lowest BCUT2D eigenvalue weighted by atomic mass is 10.1. The Balaban J connectivity index is 1.52. The van der Waals surface area contributed by atoms with Crippen LogP contribution in [0.2, 0.25) is 0 Å². The number of anilines is 1.